The second kappa shape index (κ2) is 9.53. The summed E-state index contributed by atoms with van der Waals surface area (Å²) in [6.07, 6.45) is 0.332. The van der Waals surface area contributed by atoms with Gasteiger partial charge in [0.15, 0.2) is 23.0 Å². The minimum Gasteiger partial charge on any atom is -0.493 e. The van der Waals surface area contributed by atoms with Gasteiger partial charge < -0.3 is 18.9 Å². The minimum atomic E-state index is -3.90. The molecular weight excluding hydrogens is 460 g/mol. The number of ether oxygens (including phenoxy) is 4. The van der Waals surface area contributed by atoms with Crippen molar-refractivity contribution in [3.8, 4) is 23.0 Å². The van der Waals surface area contributed by atoms with Gasteiger partial charge in [-0.2, -0.15) is 4.31 Å². The molecule has 1 atom stereocenters. The molecule has 3 rings (SSSR count). The van der Waals surface area contributed by atoms with E-state index in [1.165, 1.54) is 69.1 Å². The van der Waals surface area contributed by atoms with Crippen LogP contribution in [0.25, 0.3) is 0 Å². The molecule has 12 heteroatoms. The zero-order valence-corrected chi connectivity index (χ0v) is 19.8. The average molecular weight is 487 g/mol. The van der Waals surface area contributed by atoms with Gasteiger partial charge in [0.1, 0.15) is 0 Å². The topological polar surface area (TPSA) is 120 Å². The Morgan fingerprint density at radius 2 is 1.28 bits per heavy atom. The molecule has 0 saturated carbocycles. The van der Waals surface area contributed by atoms with Gasteiger partial charge in [0, 0.05) is 31.3 Å². The van der Waals surface area contributed by atoms with Crippen molar-refractivity contribution >= 4 is 20.0 Å². The molecule has 1 N–H and O–H groups in total. The highest BCUT2D eigenvalue weighted by molar-refractivity contribution is 7.89. The van der Waals surface area contributed by atoms with Crippen molar-refractivity contribution in [3.63, 3.8) is 0 Å². The van der Waals surface area contributed by atoms with Crippen LogP contribution in [0.5, 0.6) is 23.0 Å². The lowest BCUT2D eigenvalue weighted by Crippen LogP contribution is -2.38. The summed E-state index contributed by atoms with van der Waals surface area (Å²) in [7, 11) is -1.99. The normalized spacial score (nSPS) is 17.2. The smallest absolute Gasteiger partial charge is 0.243 e. The molecule has 0 bridgehead atoms. The van der Waals surface area contributed by atoms with Gasteiger partial charge >= 0.3 is 0 Å². The summed E-state index contributed by atoms with van der Waals surface area (Å²) >= 11 is 0. The summed E-state index contributed by atoms with van der Waals surface area (Å²) < 4.78 is 76.2. The Bertz CT molecular complexity index is 1180. The molecule has 32 heavy (non-hydrogen) atoms. The van der Waals surface area contributed by atoms with Gasteiger partial charge in [0.25, 0.3) is 0 Å². The van der Waals surface area contributed by atoms with E-state index in [4.69, 9.17) is 18.9 Å². The molecule has 1 heterocycles. The fraction of sp³-hybridized carbons (Fsp3) is 0.400. The van der Waals surface area contributed by atoms with E-state index in [2.05, 4.69) is 4.72 Å². The summed E-state index contributed by atoms with van der Waals surface area (Å²) in [5.74, 6) is 1.38. The van der Waals surface area contributed by atoms with Crippen LogP contribution in [0, 0.1) is 0 Å². The number of hydrogen-bond donors (Lipinski definition) is 1. The first kappa shape index (κ1) is 24.1. The summed E-state index contributed by atoms with van der Waals surface area (Å²) in [4.78, 5) is 0.0369. The third kappa shape index (κ3) is 4.77. The summed E-state index contributed by atoms with van der Waals surface area (Å²) in [6.45, 7) is 0.180. The summed E-state index contributed by atoms with van der Waals surface area (Å²) in [5, 5.41) is 0. The summed E-state index contributed by atoms with van der Waals surface area (Å²) in [5.41, 5.74) is 0. The third-order valence-electron chi connectivity index (χ3n) is 5.13. The van der Waals surface area contributed by atoms with Gasteiger partial charge in [0.2, 0.25) is 20.0 Å². The van der Waals surface area contributed by atoms with E-state index in [1.54, 1.807) is 0 Å². The number of methoxy groups -OCH3 is 4. The van der Waals surface area contributed by atoms with E-state index in [1.807, 2.05) is 0 Å². The molecule has 1 fully saturated rings. The fourth-order valence-electron chi connectivity index (χ4n) is 3.44. The Labute approximate surface area is 188 Å². The molecule has 0 radical (unpaired) electrons. The highest BCUT2D eigenvalue weighted by atomic mass is 32.2. The van der Waals surface area contributed by atoms with Crippen LogP contribution in [0.1, 0.15) is 6.42 Å². The first-order valence-electron chi connectivity index (χ1n) is 9.62. The van der Waals surface area contributed by atoms with Crippen LogP contribution in [0.3, 0.4) is 0 Å². The van der Waals surface area contributed by atoms with E-state index < -0.39 is 26.1 Å². The Morgan fingerprint density at radius 3 is 1.81 bits per heavy atom. The van der Waals surface area contributed by atoms with Crippen molar-refractivity contribution in [2.75, 3.05) is 41.5 Å². The van der Waals surface area contributed by atoms with E-state index in [0.29, 0.717) is 23.7 Å². The molecular formula is C20H26N2O8S2. The van der Waals surface area contributed by atoms with Gasteiger partial charge in [-0.05, 0) is 30.7 Å². The third-order valence-corrected chi connectivity index (χ3v) is 8.51. The molecule has 1 aliphatic heterocycles. The summed E-state index contributed by atoms with van der Waals surface area (Å²) in [6, 6.07) is 8.00. The molecule has 10 nitrogen and oxygen atoms in total. The molecule has 176 valence electrons. The molecule has 1 saturated heterocycles. The number of hydrogen-bond acceptors (Lipinski definition) is 8. The fourth-order valence-corrected chi connectivity index (χ4v) is 6.23. The maximum Gasteiger partial charge on any atom is 0.243 e. The number of nitrogens with one attached hydrogen (secondary N) is 1. The van der Waals surface area contributed by atoms with E-state index in [-0.39, 0.29) is 28.6 Å². The molecule has 1 aliphatic rings. The maximum atomic E-state index is 13.1. The van der Waals surface area contributed by atoms with Crippen molar-refractivity contribution in [2.45, 2.75) is 22.3 Å². The van der Waals surface area contributed by atoms with Gasteiger partial charge in [-0.25, -0.2) is 21.6 Å². The number of nitrogens with zero attached hydrogens (tertiary/aromatic N) is 1. The molecule has 0 aromatic heterocycles. The lowest BCUT2D eigenvalue weighted by atomic mass is 10.3. The van der Waals surface area contributed by atoms with Crippen molar-refractivity contribution in [1.82, 2.24) is 9.03 Å². The molecule has 2 aromatic rings. The van der Waals surface area contributed by atoms with Crippen molar-refractivity contribution in [1.29, 1.82) is 0 Å². The van der Waals surface area contributed by atoms with Gasteiger partial charge in [-0.3, -0.25) is 0 Å². The number of sulfonamides is 2. The molecule has 0 amide bonds. The predicted octanol–water partition coefficient (Wildman–Crippen LogP) is 1.46. The predicted molar refractivity (Wildman–Crippen MR) is 117 cm³/mol. The molecule has 0 aliphatic carbocycles. The van der Waals surface area contributed by atoms with Crippen LogP contribution in [0.2, 0.25) is 0 Å². The Balaban J connectivity index is 1.76. The Hall–Kier alpha value is -2.54. The van der Waals surface area contributed by atoms with Crippen LogP contribution < -0.4 is 23.7 Å². The zero-order chi connectivity index (χ0) is 23.5. The average Bonchev–Trinajstić information content (AvgIpc) is 3.26. The van der Waals surface area contributed by atoms with Crippen LogP contribution in [0.4, 0.5) is 0 Å². The Kier molecular flexibility index (Phi) is 7.18. The van der Waals surface area contributed by atoms with E-state index >= 15 is 0 Å². The monoisotopic (exact) mass is 486 g/mol. The van der Waals surface area contributed by atoms with Crippen LogP contribution in [-0.4, -0.2) is 68.7 Å². The zero-order valence-electron chi connectivity index (χ0n) is 18.2. The van der Waals surface area contributed by atoms with Gasteiger partial charge in [0.05, 0.1) is 38.2 Å². The van der Waals surface area contributed by atoms with Crippen LogP contribution >= 0.6 is 0 Å². The minimum absolute atomic E-state index is 0.00317. The second-order valence-corrected chi connectivity index (χ2v) is 10.7. The lowest BCUT2D eigenvalue weighted by Gasteiger charge is -2.18. The van der Waals surface area contributed by atoms with Crippen molar-refractivity contribution in [3.05, 3.63) is 36.4 Å². The van der Waals surface area contributed by atoms with E-state index in [0.717, 1.165) is 0 Å². The quantitative estimate of drug-likeness (QED) is 0.566. The number of benzene rings is 2. The first-order valence-corrected chi connectivity index (χ1v) is 12.5. The Morgan fingerprint density at radius 1 is 0.781 bits per heavy atom. The van der Waals surface area contributed by atoms with Crippen molar-refractivity contribution in [2.24, 2.45) is 0 Å². The van der Waals surface area contributed by atoms with E-state index in [9.17, 15) is 16.8 Å². The molecule has 2 aromatic carbocycles. The SMILES string of the molecule is COc1ccc(S(=O)(=O)N[C@@H]2CCN(S(=O)(=O)c3ccc(OC)c(OC)c3)C2)cc1OC. The molecule has 0 unspecified atom stereocenters. The van der Waals surface area contributed by atoms with Crippen molar-refractivity contribution < 1.29 is 35.8 Å². The van der Waals surface area contributed by atoms with Gasteiger partial charge in [-0.1, -0.05) is 0 Å². The number of rotatable bonds is 9. The maximum absolute atomic E-state index is 13.1. The second-order valence-electron chi connectivity index (χ2n) is 7.00. The van der Waals surface area contributed by atoms with Gasteiger partial charge in [-0.15, -0.1) is 0 Å². The molecule has 0 spiro atoms. The lowest BCUT2D eigenvalue weighted by molar-refractivity contribution is 0.353. The standard InChI is InChI=1S/C20H26N2O8S2/c1-27-17-7-5-15(11-19(17)29-3)31(23,24)21-14-9-10-22(13-14)32(25,26)16-6-8-18(28-2)20(12-16)30-4/h5-8,11-12,14,21H,9-10,13H2,1-4H3/t14-/m1/s1. The highest BCUT2D eigenvalue weighted by Crippen LogP contribution is 2.32. The first-order chi connectivity index (χ1) is 15.2. The van der Waals surface area contributed by atoms with Crippen LogP contribution in [-0.2, 0) is 20.0 Å². The van der Waals surface area contributed by atoms with Crippen LogP contribution in [0.15, 0.2) is 46.2 Å². The highest BCUT2D eigenvalue weighted by Gasteiger charge is 2.35. The largest absolute Gasteiger partial charge is 0.493 e.